The lowest BCUT2D eigenvalue weighted by molar-refractivity contribution is 0.0689. The molecule has 2 N–H and O–H groups in total. The molecule has 0 amide bonds. The Balaban J connectivity index is 2.38. The van der Waals surface area contributed by atoms with Crippen molar-refractivity contribution >= 4 is 5.96 Å². The lowest BCUT2D eigenvalue weighted by Gasteiger charge is -2.33. The van der Waals surface area contributed by atoms with E-state index in [1.165, 1.54) is 5.56 Å². The largest absolute Gasteiger partial charge is 0.382 e. The highest BCUT2D eigenvalue weighted by Crippen LogP contribution is 2.30. The molecule has 0 aromatic heterocycles. The molecular weight excluding hydrogens is 326 g/mol. The molecule has 5 nitrogen and oxygen atoms in total. The first-order chi connectivity index (χ1) is 12.7. The van der Waals surface area contributed by atoms with Gasteiger partial charge in [0.25, 0.3) is 0 Å². The van der Waals surface area contributed by atoms with Crippen LogP contribution in [0.5, 0.6) is 0 Å². The van der Waals surface area contributed by atoms with Gasteiger partial charge < -0.3 is 20.1 Å². The molecule has 1 aromatic rings. The Bertz CT molecular complexity index is 487. The number of nitrogens with one attached hydrogen (secondary N) is 2. The number of ether oxygens (including phenoxy) is 2. The highest BCUT2D eigenvalue weighted by atomic mass is 16.5. The Morgan fingerprint density at radius 1 is 1.00 bits per heavy atom. The van der Waals surface area contributed by atoms with Crippen molar-refractivity contribution in [3.8, 4) is 0 Å². The number of hydrogen-bond donors (Lipinski definition) is 2. The highest BCUT2D eigenvalue weighted by molar-refractivity contribution is 5.79. The van der Waals surface area contributed by atoms with E-state index in [9.17, 15) is 0 Å². The Kier molecular flexibility index (Phi) is 11.7. The number of nitrogens with zero attached hydrogens (tertiary/aromatic N) is 1. The normalized spacial score (nSPS) is 12.2. The van der Waals surface area contributed by atoms with Crippen molar-refractivity contribution in [3.63, 3.8) is 0 Å². The number of aliphatic imine (C=N–C) groups is 1. The van der Waals surface area contributed by atoms with Gasteiger partial charge in [0.05, 0.1) is 13.2 Å². The third-order valence-corrected chi connectivity index (χ3v) is 5.00. The maximum absolute atomic E-state index is 5.48. The van der Waals surface area contributed by atoms with E-state index in [1.807, 2.05) is 7.05 Å². The number of hydrogen-bond acceptors (Lipinski definition) is 3. The summed E-state index contributed by atoms with van der Waals surface area (Å²) in [6, 6.07) is 10.8. The van der Waals surface area contributed by atoms with Crippen molar-refractivity contribution in [2.45, 2.75) is 44.9 Å². The summed E-state index contributed by atoms with van der Waals surface area (Å²) in [6.45, 7) is 8.40. The Hall–Kier alpha value is -1.59. The van der Waals surface area contributed by atoms with E-state index in [1.54, 1.807) is 7.11 Å². The summed E-state index contributed by atoms with van der Waals surface area (Å²) >= 11 is 0. The van der Waals surface area contributed by atoms with E-state index < -0.39 is 0 Å². The third-order valence-electron chi connectivity index (χ3n) is 5.00. The molecule has 0 fully saturated rings. The van der Waals surface area contributed by atoms with Gasteiger partial charge in [0, 0.05) is 39.3 Å². The fourth-order valence-electron chi connectivity index (χ4n) is 3.06. The number of unbranched alkanes of at least 4 members (excludes halogenated alkanes) is 1. The van der Waals surface area contributed by atoms with Gasteiger partial charge in [-0.3, -0.25) is 4.99 Å². The molecule has 0 aliphatic heterocycles. The topological polar surface area (TPSA) is 54.9 Å². The van der Waals surface area contributed by atoms with E-state index in [0.717, 1.165) is 51.3 Å². The molecule has 26 heavy (non-hydrogen) atoms. The van der Waals surface area contributed by atoms with E-state index in [2.05, 4.69) is 59.8 Å². The molecule has 0 unspecified atom stereocenters. The SMILES string of the molecule is CCC(CC)(CNC(=NC)NCCCCOCCOC)c1ccccc1. The first-order valence-corrected chi connectivity index (χ1v) is 9.79. The molecule has 0 aliphatic carbocycles. The molecule has 0 atom stereocenters. The zero-order valence-corrected chi connectivity index (χ0v) is 17.0. The van der Waals surface area contributed by atoms with E-state index in [-0.39, 0.29) is 5.41 Å². The van der Waals surface area contributed by atoms with Crippen LogP contribution in [0.1, 0.15) is 45.1 Å². The van der Waals surface area contributed by atoms with Crippen LogP contribution in [0.3, 0.4) is 0 Å². The molecule has 1 aromatic carbocycles. The van der Waals surface area contributed by atoms with Crippen LogP contribution in [0, 0.1) is 0 Å². The Morgan fingerprint density at radius 2 is 1.73 bits per heavy atom. The molecule has 0 saturated heterocycles. The van der Waals surface area contributed by atoms with Crippen LogP contribution in [0.4, 0.5) is 0 Å². The van der Waals surface area contributed by atoms with Crippen LogP contribution < -0.4 is 10.6 Å². The third kappa shape index (κ3) is 7.75. The summed E-state index contributed by atoms with van der Waals surface area (Å²) < 4.78 is 10.4. The molecule has 1 rings (SSSR count). The maximum atomic E-state index is 5.48. The minimum atomic E-state index is 0.133. The van der Waals surface area contributed by atoms with Crippen molar-refractivity contribution in [1.82, 2.24) is 10.6 Å². The smallest absolute Gasteiger partial charge is 0.191 e. The molecule has 0 aliphatic rings. The summed E-state index contributed by atoms with van der Waals surface area (Å²) in [7, 11) is 3.51. The van der Waals surface area contributed by atoms with Gasteiger partial charge in [0.2, 0.25) is 0 Å². The van der Waals surface area contributed by atoms with Crippen LogP contribution in [-0.2, 0) is 14.9 Å². The van der Waals surface area contributed by atoms with Crippen LogP contribution in [0.2, 0.25) is 0 Å². The van der Waals surface area contributed by atoms with Crippen molar-refractivity contribution in [1.29, 1.82) is 0 Å². The lowest BCUT2D eigenvalue weighted by Crippen LogP contribution is -2.45. The number of guanidine groups is 1. The summed E-state index contributed by atoms with van der Waals surface area (Å²) in [5.41, 5.74) is 1.52. The van der Waals surface area contributed by atoms with Gasteiger partial charge >= 0.3 is 0 Å². The first-order valence-electron chi connectivity index (χ1n) is 9.79. The van der Waals surface area contributed by atoms with Gasteiger partial charge in [-0.15, -0.1) is 0 Å². The predicted octanol–water partition coefficient (Wildman–Crippen LogP) is 3.35. The molecule has 5 heteroatoms. The fraction of sp³-hybridized carbons (Fsp3) is 0.667. The lowest BCUT2D eigenvalue weighted by atomic mass is 9.76. The molecule has 0 heterocycles. The van der Waals surface area contributed by atoms with Crippen molar-refractivity contribution in [3.05, 3.63) is 35.9 Å². The van der Waals surface area contributed by atoms with E-state index in [0.29, 0.717) is 13.2 Å². The number of benzene rings is 1. The summed E-state index contributed by atoms with van der Waals surface area (Å²) in [4.78, 5) is 4.36. The second-order valence-corrected chi connectivity index (χ2v) is 6.52. The molecular formula is C21H37N3O2. The van der Waals surface area contributed by atoms with Crippen LogP contribution >= 0.6 is 0 Å². The Labute approximate surface area is 159 Å². The summed E-state index contributed by atoms with van der Waals surface area (Å²) in [5, 5.41) is 6.92. The van der Waals surface area contributed by atoms with Crippen molar-refractivity contribution in [2.24, 2.45) is 4.99 Å². The second-order valence-electron chi connectivity index (χ2n) is 6.52. The predicted molar refractivity (Wildman–Crippen MR) is 110 cm³/mol. The van der Waals surface area contributed by atoms with Crippen LogP contribution in [0.15, 0.2) is 35.3 Å². The standard InChI is InChI=1S/C21H37N3O2/c1-5-21(6-2,19-12-8-7-9-13-19)18-24-20(22-3)23-14-10-11-15-26-17-16-25-4/h7-9,12-13H,5-6,10-11,14-18H2,1-4H3,(H2,22,23,24). The minimum absolute atomic E-state index is 0.133. The van der Waals surface area contributed by atoms with E-state index >= 15 is 0 Å². The molecule has 0 saturated carbocycles. The fourth-order valence-corrected chi connectivity index (χ4v) is 3.06. The first kappa shape index (κ1) is 22.5. The van der Waals surface area contributed by atoms with Crippen molar-refractivity contribution < 1.29 is 9.47 Å². The summed E-state index contributed by atoms with van der Waals surface area (Å²) in [6.07, 6.45) is 4.28. The number of methoxy groups -OCH3 is 1. The van der Waals surface area contributed by atoms with Gasteiger partial charge in [-0.1, -0.05) is 44.2 Å². The molecule has 0 spiro atoms. The van der Waals surface area contributed by atoms with Gasteiger partial charge in [-0.05, 0) is 31.2 Å². The Morgan fingerprint density at radius 3 is 2.35 bits per heavy atom. The van der Waals surface area contributed by atoms with Gasteiger partial charge in [0.15, 0.2) is 5.96 Å². The maximum Gasteiger partial charge on any atom is 0.191 e. The van der Waals surface area contributed by atoms with Crippen LogP contribution in [-0.4, -0.2) is 53.0 Å². The molecule has 0 bridgehead atoms. The van der Waals surface area contributed by atoms with Gasteiger partial charge in [-0.2, -0.15) is 0 Å². The zero-order chi connectivity index (χ0) is 19.1. The van der Waals surface area contributed by atoms with E-state index in [4.69, 9.17) is 9.47 Å². The minimum Gasteiger partial charge on any atom is -0.382 e. The van der Waals surface area contributed by atoms with Gasteiger partial charge in [-0.25, -0.2) is 0 Å². The molecule has 148 valence electrons. The van der Waals surface area contributed by atoms with Gasteiger partial charge in [0.1, 0.15) is 0 Å². The average molecular weight is 364 g/mol. The van der Waals surface area contributed by atoms with Crippen LogP contribution in [0.25, 0.3) is 0 Å². The quantitative estimate of drug-likeness (QED) is 0.321. The number of rotatable bonds is 13. The molecule has 0 radical (unpaired) electrons. The second kappa shape index (κ2) is 13.6. The zero-order valence-electron chi connectivity index (χ0n) is 17.0. The highest BCUT2D eigenvalue weighted by Gasteiger charge is 2.28. The van der Waals surface area contributed by atoms with Crippen molar-refractivity contribution in [2.75, 3.05) is 47.1 Å². The average Bonchev–Trinajstić information content (AvgIpc) is 2.70. The summed E-state index contributed by atoms with van der Waals surface area (Å²) in [5.74, 6) is 0.868. The monoisotopic (exact) mass is 363 g/mol.